The number of aryl methyl sites for hydroxylation is 2. The van der Waals surface area contributed by atoms with Gasteiger partial charge in [-0.25, -0.2) is 4.99 Å². The molecule has 8 heteroatoms. The van der Waals surface area contributed by atoms with Crippen LogP contribution in [0, 0.1) is 0 Å². The van der Waals surface area contributed by atoms with Gasteiger partial charge in [-0.3, -0.25) is 4.68 Å². The summed E-state index contributed by atoms with van der Waals surface area (Å²) in [4.78, 5) is 4.56. The van der Waals surface area contributed by atoms with Gasteiger partial charge in [0.15, 0.2) is 5.96 Å². The molecule has 0 fully saturated rings. The maximum absolute atomic E-state index is 4.56. The first kappa shape index (κ1) is 16.0. The molecule has 0 radical (unpaired) electrons. The van der Waals surface area contributed by atoms with Crippen molar-refractivity contribution in [1.82, 2.24) is 35.2 Å². The second kappa shape index (κ2) is 8.16. The number of guanidine groups is 1. The van der Waals surface area contributed by atoms with Gasteiger partial charge in [0.2, 0.25) is 0 Å². The minimum absolute atomic E-state index is 0.607. The fourth-order valence-corrected chi connectivity index (χ4v) is 2.10. The fourth-order valence-electron chi connectivity index (χ4n) is 2.10. The molecule has 2 heterocycles. The number of hydrogen-bond donors (Lipinski definition) is 2. The third-order valence-electron chi connectivity index (χ3n) is 3.18. The standard InChI is InChI=1S/C14H24N8/c1-4-13-20-18-11-22(13)7-6-16-14(15-5-2)17-8-12-9-19-21(3)10-12/h9-11H,4-8H2,1-3H3,(H2,15,16,17). The Bertz CT molecular complexity index is 598. The van der Waals surface area contributed by atoms with Crippen molar-refractivity contribution >= 4 is 5.96 Å². The topological polar surface area (TPSA) is 85.0 Å². The highest BCUT2D eigenvalue weighted by atomic mass is 15.3. The molecule has 0 aromatic carbocycles. The smallest absolute Gasteiger partial charge is 0.191 e. The Morgan fingerprint density at radius 3 is 2.86 bits per heavy atom. The molecule has 2 N–H and O–H groups in total. The lowest BCUT2D eigenvalue weighted by atomic mass is 10.4. The van der Waals surface area contributed by atoms with E-state index in [4.69, 9.17) is 0 Å². The summed E-state index contributed by atoms with van der Waals surface area (Å²) in [6.07, 6.45) is 6.45. The van der Waals surface area contributed by atoms with Crippen LogP contribution in [0.25, 0.3) is 0 Å². The van der Waals surface area contributed by atoms with Gasteiger partial charge in [0.25, 0.3) is 0 Å². The van der Waals surface area contributed by atoms with Gasteiger partial charge < -0.3 is 15.2 Å². The van der Waals surface area contributed by atoms with Crippen LogP contribution in [0.1, 0.15) is 25.2 Å². The zero-order chi connectivity index (χ0) is 15.8. The molecule has 2 aromatic rings. The van der Waals surface area contributed by atoms with E-state index in [1.165, 1.54) is 0 Å². The summed E-state index contributed by atoms with van der Waals surface area (Å²) in [7, 11) is 1.90. The van der Waals surface area contributed by atoms with Gasteiger partial charge in [-0.2, -0.15) is 5.10 Å². The highest BCUT2D eigenvalue weighted by Crippen LogP contribution is 1.98. The van der Waals surface area contributed by atoms with Crippen LogP contribution in [0.5, 0.6) is 0 Å². The Balaban J connectivity index is 1.85. The predicted octanol–water partition coefficient (Wildman–Crippen LogP) is 0.329. The van der Waals surface area contributed by atoms with Gasteiger partial charge in [-0.05, 0) is 6.92 Å². The lowest BCUT2D eigenvalue weighted by Crippen LogP contribution is -2.38. The number of nitrogens with zero attached hydrogens (tertiary/aromatic N) is 6. The van der Waals surface area contributed by atoms with Crippen LogP contribution >= 0.6 is 0 Å². The molecule has 2 rings (SSSR count). The van der Waals surface area contributed by atoms with Crippen molar-refractivity contribution in [2.24, 2.45) is 12.0 Å². The van der Waals surface area contributed by atoms with Gasteiger partial charge in [0.05, 0.1) is 12.7 Å². The molecule has 0 saturated heterocycles. The quantitative estimate of drug-likeness (QED) is 0.569. The number of aliphatic imine (C=N–C) groups is 1. The van der Waals surface area contributed by atoms with Gasteiger partial charge >= 0.3 is 0 Å². The highest BCUT2D eigenvalue weighted by molar-refractivity contribution is 5.79. The van der Waals surface area contributed by atoms with Crippen LogP contribution in [0.4, 0.5) is 0 Å². The molecule has 0 spiro atoms. The number of nitrogens with one attached hydrogen (secondary N) is 2. The summed E-state index contributed by atoms with van der Waals surface area (Å²) in [6, 6.07) is 0. The van der Waals surface area contributed by atoms with E-state index in [-0.39, 0.29) is 0 Å². The SMILES string of the molecule is CCNC(=NCc1cnn(C)c1)NCCn1cnnc1CC. The molecule has 0 saturated carbocycles. The van der Waals surface area contributed by atoms with E-state index < -0.39 is 0 Å². The molecular weight excluding hydrogens is 280 g/mol. The van der Waals surface area contributed by atoms with Gasteiger partial charge in [0, 0.05) is 44.9 Å². The van der Waals surface area contributed by atoms with Crippen LogP contribution < -0.4 is 10.6 Å². The van der Waals surface area contributed by atoms with Crippen LogP contribution in [0.15, 0.2) is 23.7 Å². The molecule has 0 aliphatic heterocycles. The van der Waals surface area contributed by atoms with Crippen molar-refractivity contribution < 1.29 is 0 Å². The normalized spacial score (nSPS) is 11.7. The molecule has 0 amide bonds. The minimum Gasteiger partial charge on any atom is -0.357 e. The average Bonchev–Trinajstić information content (AvgIpc) is 3.13. The first-order valence-corrected chi connectivity index (χ1v) is 7.59. The molecule has 0 unspecified atom stereocenters. The van der Waals surface area contributed by atoms with Crippen molar-refractivity contribution in [2.75, 3.05) is 13.1 Å². The maximum atomic E-state index is 4.56. The van der Waals surface area contributed by atoms with Crippen molar-refractivity contribution in [1.29, 1.82) is 0 Å². The molecule has 0 aliphatic rings. The van der Waals surface area contributed by atoms with Crippen LogP contribution in [-0.2, 0) is 26.6 Å². The van der Waals surface area contributed by atoms with Gasteiger partial charge in [0.1, 0.15) is 12.2 Å². The Morgan fingerprint density at radius 2 is 2.18 bits per heavy atom. The fraction of sp³-hybridized carbons (Fsp3) is 0.571. The van der Waals surface area contributed by atoms with Gasteiger partial charge in [-0.15, -0.1) is 10.2 Å². The highest BCUT2D eigenvalue weighted by Gasteiger charge is 2.02. The summed E-state index contributed by atoms with van der Waals surface area (Å²) in [6.45, 7) is 7.14. The Hall–Kier alpha value is -2.38. The van der Waals surface area contributed by atoms with Crippen molar-refractivity contribution in [3.8, 4) is 0 Å². The Kier molecular flexibility index (Phi) is 5.93. The summed E-state index contributed by atoms with van der Waals surface area (Å²) in [5.74, 6) is 1.80. The van der Waals surface area contributed by atoms with E-state index >= 15 is 0 Å². The van der Waals surface area contributed by atoms with Crippen molar-refractivity contribution in [3.05, 3.63) is 30.1 Å². The van der Waals surface area contributed by atoms with E-state index in [1.807, 2.05) is 19.4 Å². The molecule has 0 atom stereocenters. The zero-order valence-corrected chi connectivity index (χ0v) is 13.5. The molecule has 120 valence electrons. The zero-order valence-electron chi connectivity index (χ0n) is 13.5. The van der Waals surface area contributed by atoms with Crippen molar-refractivity contribution in [2.45, 2.75) is 33.4 Å². The molecule has 22 heavy (non-hydrogen) atoms. The Labute approximate surface area is 130 Å². The average molecular weight is 304 g/mol. The monoisotopic (exact) mass is 304 g/mol. The second-order valence-corrected chi connectivity index (χ2v) is 4.94. The van der Waals surface area contributed by atoms with E-state index in [1.54, 1.807) is 11.0 Å². The third-order valence-corrected chi connectivity index (χ3v) is 3.18. The van der Waals surface area contributed by atoms with E-state index in [2.05, 4.69) is 49.3 Å². The minimum atomic E-state index is 0.607. The first-order chi connectivity index (χ1) is 10.7. The third kappa shape index (κ3) is 4.57. The van der Waals surface area contributed by atoms with Crippen LogP contribution in [0.3, 0.4) is 0 Å². The predicted molar refractivity (Wildman–Crippen MR) is 85.4 cm³/mol. The van der Waals surface area contributed by atoms with Crippen LogP contribution in [-0.4, -0.2) is 43.6 Å². The molecule has 0 aliphatic carbocycles. The van der Waals surface area contributed by atoms with Crippen molar-refractivity contribution in [3.63, 3.8) is 0 Å². The Morgan fingerprint density at radius 1 is 1.32 bits per heavy atom. The summed E-state index contributed by atoms with van der Waals surface area (Å²) < 4.78 is 3.83. The summed E-state index contributed by atoms with van der Waals surface area (Å²) >= 11 is 0. The molecular formula is C14H24N8. The van der Waals surface area contributed by atoms with Crippen LogP contribution in [0.2, 0.25) is 0 Å². The number of aromatic nitrogens is 5. The molecule has 8 nitrogen and oxygen atoms in total. The second-order valence-electron chi connectivity index (χ2n) is 4.94. The summed E-state index contributed by atoms with van der Waals surface area (Å²) in [5.41, 5.74) is 1.09. The summed E-state index contributed by atoms with van der Waals surface area (Å²) in [5, 5.41) is 18.7. The molecule has 0 bridgehead atoms. The van der Waals surface area contributed by atoms with E-state index in [0.29, 0.717) is 6.54 Å². The first-order valence-electron chi connectivity index (χ1n) is 7.59. The molecule has 2 aromatic heterocycles. The number of rotatable bonds is 7. The van der Waals surface area contributed by atoms with E-state index in [9.17, 15) is 0 Å². The lowest BCUT2D eigenvalue weighted by molar-refractivity contribution is 0.632. The van der Waals surface area contributed by atoms with E-state index in [0.717, 1.165) is 43.4 Å². The largest absolute Gasteiger partial charge is 0.357 e. The van der Waals surface area contributed by atoms with Gasteiger partial charge in [-0.1, -0.05) is 6.92 Å². The number of hydrogen-bond acceptors (Lipinski definition) is 4. The lowest BCUT2D eigenvalue weighted by Gasteiger charge is -2.12. The maximum Gasteiger partial charge on any atom is 0.191 e.